The van der Waals surface area contributed by atoms with E-state index >= 15 is 0 Å². The van der Waals surface area contributed by atoms with E-state index in [-0.39, 0.29) is 35.7 Å². The summed E-state index contributed by atoms with van der Waals surface area (Å²) in [5.41, 5.74) is 4.00. The van der Waals surface area contributed by atoms with Gasteiger partial charge in [-0.25, -0.2) is 9.59 Å². The maximum absolute atomic E-state index is 11.8. The second kappa shape index (κ2) is 13.9. The van der Waals surface area contributed by atoms with Crippen molar-refractivity contribution in [2.75, 3.05) is 29.5 Å². The first-order chi connectivity index (χ1) is 24.7. The summed E-state index contributed by atoms with van der Waals surface area (Å²) in [6, 6.07) is 10.9. The number of hydrogen-bond donors (Lipinski definition) is 4. The van der Waals surface area contributed by atoms with Gasteiger partial charge in [0.25, 0.3) is 20.2 Å². The van der Waals surface area contributed by atoms with Crippen LogP contribution in [0.15, 0.2) is 72.5 Å². The number of carboxylic acid groups (broad SMARTS) is 2. The average Bonchev–Trinajstić information content (AvgIpc) is 3.77. The Hall–Kier alpha value is -4.19. The van der Waals surface area contributed by atoms with Crippen molar-refractivity contribution in [2.24, 2.45) is 0 Å². The third-order valence-corrected chi connectivity index (χ3v) is 13.6. The van der Waals surface area contributed by atoms with E-state index in [0.29, 0.717) is 0 Å². The molecular formula is C37H39N2O10S4+. The fourth-order valence-corrected chi connectivity index (χ4v) is 10.4. The van der Waals surface area contributed by atoms with Crippen LogP contribution in [0.1, 0.15) is 71.0 Å². The summed E-state index contributed by atoms with van der Waals surface area (Å²) in [7, 11) is -8.36. The number of fused-ring (bicyclic) bond motifs is 6. The average molecular weight is 800 g/mol. The molecule has 4 heterocycles. The molecule has 4 aromatic rings. The first-order valence-electron chi connectivity index (χ1n) is 16.7. The summed E-state index contributed by atoms with van der Waals surface area (Å²) in [6.07, 6.45) is 9.73. The predicted octanol–water partition coefficient (Wildman–Crippen LogP) is 7.24. The van der Waals surface area contributed by atoms with Crippen LogP contribution in [0.25, 0.3) is 20.2 Å². The Morgan fingerprint density at radius 3 is 1.92 bits per heavy atom. The quantitative estimate of drug-likeness (QED) is 0.0606. The van der Waals surface area contributed by atoms with Crippen molar-refractivity contribution in [1.29, 1.82) is 0 Å². The fourth-order valence-electron chi connectivity index (χ4n) is 7.61. The summed E-state index contributed by atoms with van der Waals surface area (Å²) in [4.78, 5) is 26.1. The predicted molar refractivity (Wildman–Crippen MR) is 209 cm³/mol. The molecule has 0 atom stereocenters. The second-order valence-corrected chi connectivity index (χ2v) is 19.4. The smallest absolute Gasteiger partial charge is 0.345 e. The van der Waals surface area contributed by atoms with Gasteiger partial charge in [0.05, 0.1) is 16.9 Å². The van der Waals surface area contributed by atoms with Gasteiger partial charge < -0.3 is 15.1 Å². The van der Waals surface area contributed by atoms with E-state index in [9.17, 15) is 45.7 Å². The number of anilines is 1. The lowest BCUT2D eigenvalue weighted by molar-refractivity contribution is -0.437. The lowest BCUT2D eigenvalue weighted by Crippen LogP contribution is -2.28. The van der Waals surface area contributed by atoms with Crippen molar-refractivity contribution in [1.82, 2.24) is 0 Å². The van der Waals surface area contributed by atoms with Crippen LogP contribution < -0.4 is 4.90 Å². The molecule has 0 radical (unpaired) electrons. The highest BCUT2D eigenvalue weighted by Crippen LogP contribution is 2.52. The van der Waals surface area contributed by atoms with E-state index < -0.39 is 54.5 Å². The molecule has 12 nitrogen and oxygen atoms in total. The molecule has 53 heavy (non-hydrogen) atoms. The molecule has 0 fully saturated rings. The molecule has 2 aromatic carbocycles. The molecule has 0 saturated carbocycles. The van der Waals surface area contributed by atoms with Crippen molar-refractivity contribution in [3.63, 3.8) is 0 Å². The van der Waals surface area contributed by atoms with Crippen molar-refractivity contribution >= 4 is 92.1 Å². The Morgan fingerprint density at radius 2 is 1.34 bits per heavy atom. The van der Waals surface area contributed by atoms with Gasteiger partial charge in [0, 0.05) is 62.3 Å². The highest BCUT2D eigenvalue weighted by Gasteiger charge is 2.46. The van der Waals surface area contributed by atoms with Crippen LogP contribution in [0.2, 0.25) is 0 Å². The molecule has 2 aliphatic heterocycles. The lowest BCUT2D eigenvalue weighted by atomic mass is 9.80. The Morgan fingerprint density at radius 1 is 0.774 bits per heavy atom. The number of benzene rings is 2. The monoisotopic (exact) mass is 799 g/mol. The lowest BCUT2D eigenvalue weighted by Gasteiger charge is -2.27. The molecule has 16 heteroatoms. The van der Waals surface area contributed by atoms with Gasteiger partial charge in [0.15, 0.2) is 5.71 Å². The van der Waals surface area contributed by atoms with E-state index in [1.807, 2.05) is 91.8 Å². The molecule has 0 saturated heterocycles. The number of thiophene rings is 2. The van der Waals surface area contributed by atoms with Gasteiger partial charge in [0.1, 0.15) is 16.3 Å². The van der Waals surface area contributed by atoms with Crippen molar-refractivity contribution in [3.8, 4) is 0 Å². The van der Waals surface area contributed by atoms with Crippen molar-refractivity contribution in [2.45, 2.75) is 51.4 Å². The number of carbonyl (C=O) groups is 2. The highest BCUT2D eigenvalue weighted by molar-refractivity contribution is 7.86. The largest absolute Gasteiger partial charge is 0.477 e. The second-order valence-electron chi connectivity index (χ2n) is 14.1. The number of aromatic carboxylic acids is 2. The zero-order valence-electron chi connectivity index (χ0n) is 29.4. The van der Waals surface area contributed by atoms with Crippen LogP contribution in [0.5, 0.6) is 0 Å². The summed E-state index contributed by atoms with van der Waals surface area (Å²) in [5, 5.41) is 21.0. The van der Waals surface area contributed by atoms with Gasteiger partial charge in [-0.1, -0.05) is 32.1 Å². The number of nitrogens with zero attached hydrogens (tertiary/aromatic N) is 2. The van der Waals surface area contributed by atoms with E-state index in [4.69, 9.17) is 0 Å². The Labute approximate surface area is 315 Å². The minimum Gasteiger partial charge on any atom is -0.477 e. The molecule has 2 aromatic heterocycles. The number of rotatable bonds is 13. The Kier molecular flexibility index (Phi) is 10.1. The SMILES string of the molecule is CC1(C)C(/C=C/C=C/C=C2/N(CCCS(=O)(=O)O)c3ccc4sc(C(=O)O)cc4c3C2(C)C)=[N+](CCCS(=O)(=O)O)c2ccc3sc(C(=O)O)cc3c21. The summed E-state index contributed by atoms with van der Waals surface area (Å²) in [5.74, 6) is -2.86. The normalized spacial score (nSPS) is 17.6. The zero-order valence-corrected chi connectivity index (χ0v) is 32.6. The molecule has 4 N–H and O–H groups in total. The highest BCUT2D eigenvalue weighted by atomic mass is 32.2. The first-order valence-corrected chi connectivity index (χ1v) is 21.5. The van der Waals surface area contributed by atoms with Gasteiger partial charge in [-0.15, -0.1) is 22.7 Å². The van der Waals surface area contributed by atoms with Crippen LogP contribution in [-0.2, 0) is 31.1 Å². The van der Waals surface area contributed by atoms with Crippen LogP contribution in [0, 0.1) is 0 Å². The van der Waals surface area contributed by atoms with Crippen molar-refractivity contribution in [3.05, 3.63) is 93.4 Å². The summed E-state index contributed by atoms with van der Waals surface area (Å²) in [6.45, 7) is 8.69. The Bertz CT molecular complexity index is 2530. The van der Waals surface area contributed by atoms with Crippen LogP contribution in [0.3, 0.4) is 0 Å². The maximum Gasteiger partial charge on any atom is 0.345 e. The number of allylic oxidation sites excluding steroid dienone is 6. The molecule has 280 valence electrons. The van der Waals surface area contributed by atoms with E-state index in [2.05, 4.69) is 0 Å². The molecule has 2 aliphatic rings. The minimum atomic E-state index is -4.18. The zero-order chi connectivity index (χ0) is 38.7. The van der Waals surface area contributed by atoms with E-state index in [1.54, 1.807) is 12.1 Å². The topological polar surface area (TPSA) is 190 Å². The van der Waals surface area contributed by atoms with E-state index in [0.717, 1.165) is 54.1 Å². The van der Waals surface area contributed by atoms with Gasteiger partial charge in [-0.05, 0) is 67.6 Å². The molecule has 0 spiro atoms. The molecule has 0 aliphatic carbocycles. The molecule has 0 amide bonds. The van der Waals surface area contributed by atoms with Crippen LogP contribution in [-0.4, -0.2) is 83.0 Å². The number of hydrogen-bond acceptors (Lipinski definition) is 9. The maximum atomic E-state index is 11.8. The molecule has 6 rings (SSSR count). The fraction of sp³-hybridized carbons (Fsp3) is 0.324. The van der Waals surface area contributed by atoms with Gasteiger partial charge >= 0.3 is 11.9 Å². The van der Waals surface area contributed by atoms with Crippen LogP contribution >= 0.6 is 22.7 Å². The van der Waals surface area contributed by atoms with E-state index in [1.165, 1.54) is 22.7 Å². The Balaban J connectivity index is 1.37. The summed E-state index contributed by atoms with van der Waals surface area (Å²) >= 11 is 2.38. The summed E-state index contributed by atoms with van der Waals surface area (Å²) < 4.78 is 68.8. The van der Waals surface area contributed by atoms with Crippen LogP contribution in [0.4, 0.5) is 11.4 Å². The minimum absolute atomic E-state index is 0.157. The van der Waals surface area contributed by atoms with Crippen molar-refractivity contribution < 1.29 is 50.3 Å². The van der Waals surface area contributed by atoms with Gasteiger partial charge in [-0.2, -0.15) is 21.4 Å². The third-order valence-electron chi connectivity index (χ3n) is 9.77. The standard InChI is InChI=1S/C37H38N2O10S4/c1-36(2)30(38(16-8-18-52(44,45)46)24-12-14-26-22(32(24)36)20-28(50-26)34(40)41)10-6-5-7-11-31-37(3,4)33-23-21-29(35(42)43)51-27(23)15-13-25(33)39(31)17-9-19-53(47,48)49/h5-7,10-15,20-21H,8-9,16-19H2,1-4H3,(H3-,40,41,42,43,44,45,46,47,48,49)/p+1. The van der Waals surface area contributed by atoms with Gasteiger partial charge in [0.2, 0.25) is 5.69 Å². The number of carboxylic acids is 2. The molecular weight excluding hydrogens is 761 g/mol. The molecule has 0 bridgehead atoms. The molecule has 0 unspecified atom stereocenters. The van der Waals surface area contributed by atoms with Gasteiger partial charge in [-0.3, -0.25) is 9.11 Å². The third kappa shape index (κ3) is 7.48. The first kappa shape index (κ1) is 38.5.